The zero-order chi connectivity index (χ0) is 9.84. The van der Waals surface area contributed by atoms with Gasteiger partial charge in [-0.1, -0.05) is 22.0 Å². The van der Waals surface area contributed by atoms with Crippen molar-refractivity contribution >= 4 is 27.5 Å². The Balaban J connectivity index is 3.03. The largest absolute Gasteiger partial charge is 0.312 e. The zero-order valence-electron chi connectivity index (χ0n) is 7.77. The van der Waals surface area contributed by atoms with E-state index in [-0.39, 0.29) is 6.04 Å². The summed E-state index contributed by atoms with van der Waals surface area (Å²) in [6, 6.07) is 6.48. The van der Waals surface area contributed by atoms with Gasteiger partial charge >= 0.3 is 0 Å². The Bertz CT molecular complexity index is 284. The van der Waals surface area contributed by atoms with Gasteiger partial charge in [-0.2, -0.15) is 0 Å². The summed E-state index contributed by atoms with van der Waals surface area (Å²) in [6.45, 7) is 2.10. The lowest BCUT2D eigenvalue weighted by molar-refractivity contribution is 0.654. The number of hydrogen-bond acceptors (Lipinski definition) is 1. The van der Waals surface area contributed by atoms with Gasteiger partial charge in [0, 0.05) is 16.4 Å². The smallest absolute Gasteiger partial charge is 0.0458 e. The van der Waals surface area contributed by atoms with Gasteiger partial charge < -0.3 is 5.32 Å². The Morgan fingerprint density at radius 2 is 2.23 bits per heavy atom. The molecule has 0 bridgehead atoms. The predicted octanol–water partition coefficient (Wildman–Crippen LogP) is 3.26. The molecule has 1 atom stereocenters. The normalized spacial score (nSPS) is 12.9. The molecule has 72 valence electrons. The van der Waals surface area contributed by atoms with Gasteiger partial charge in [0.1, 0.15) is 0 Å². The van der Waals surface area contributed by atoms with Gasteiger partial charge in [0.2, 0.25) is 0 Å². The third-order valence-electron chi connectivity index (χ3n) is 2.12. The molecule has 1 N–H and O–H groups in total. The molecule has 0 aliphatic heterocycles. The Labute approximate surface area is 92.6 Å². The lowest BCUT2D eigenvalue weighted by atomic mass is 10.0. The van der Waals surface area contributed by atoms with Crippen molar-refractivity contribution in [3.05, 3.63) is 33.8 Å². The molecule has 0 amide bonds. The third kappa shape index (κ3) is 2.70. The Kier molecular flexibility index (Phi) is 4.23. The second-order valence-corrected chi connectivity index (χ2v) is 4.22. The van der Waals surface area contributed by atoms with Crippen LogP contribution in [0.4, 0.5) is 0 Å². The van der Waals surface area contributed by atoms with Crippen LogP contribution in [0.15, 0.2) is 22.7 Å². The molecule has 1 aromatic carbocycles. The van der Waals surface area contributed by atoms with E-state index < -0.39 is 0 Å². The van der Waals surface area contributed by atoms with E-state index in [2.05, 4.69) is 40.3 Å². The van der Waals surface area contributed by atoms with Crippen LogP contribution < -0.4 is 5.32 Å². The van der Waals surface area contributed by atoms with E-state index in [0.29, 0.717) is 5.88 Å². The maximum atomic E-state index is 5.85. The molecule has 13 heavy (non-hydrogen) atoms. The number of aryl methyl sites for hydroxylation is 1. The highest BCUT2D eigenvalue weighted by atomic mass is 79.9. The standard InChI is InChI=1S/C10H13BrClN/c1-7-3-4-8(11)5-9(7)10(6-12)13-2/h3-5,10,13H,6H2,1-2H3. The van der Waals surface area contributed by atoms with E-state index in [4.69, 9.17) is 11.6 Å². The van der Waals surface area contributed by atoms with E-state index in [1.807, 2.05) is 13.1 Å². The van der Waals surface area contributed by atoms with E-state index in [1.165, 1.54) is 11.1 Å². The fraction of sp³-hybridized carbons (Fsp3) is 0.400. The highest BCUT2D eigenvalue weighted by Crippen LogP contribution is 2.22. The number of benzene rings is 1. The molecular weight excluding hydrogens is 249 g/mol. The van der Waals surface area contributed by atoms with E-state index in [9.17, 15) is 0 Å². The van der Waals surface area contributed by atoms with Gasteiger partial charge in [0.05, 0.1) is 0 Å². The molecule has 0 heterocycles. The molecule has 1 nitrogen and oxygen atoms in total. The number of alkyl halides is 1. The lowest BCUT2D eigenvalue weighted by Crippen LogP contribution is -2.18. The van der Waals surface area contributed by atoms with Crippen molar-refractivity contribution in [1.29, 1.82) is 0 Å². The van der Waals surface area contributed by atoms with Crippen LogP contribution in [0.2, 0.25) is 0 Å². The summed E-state index contributed by atoms with van der Waals surface area (Å²) in [5.74, 6) is 0.591. The third-order valence-corrected chi connectivity index (χ3v) is 2.92. The van der Waals surface area contributed by atoms with E-state index >= 15 is 0 Å². The minimum Gasteiger partial charge on any atom is -0.312 e. The van der Waals surface area contributed by atoms with Crippen LogP contribution in [0.1, 0.15) is 17.2 Å². The highest BCUT2D eigenvalue weighted by molar-refractivity contribution is 9.10. The lowest BCUT2D eigenvalue weighted by Gasteiger charge is -2.16. The van der Waals surface area contributed by atoms with Crippen LogP contribution in [0, 0.1) is 6.92 Å². The molecular formula is C10H13BrClN. The van der Waals surface area contributed by atoms with Gasteiger partial charge in [-0.3, -0.25) is 0 Å². The van der Waals surface area contributed by atoms with Crippen LogP contribution in [0.3, 0.4) is 0 Å². The van der Waals surface area contributed by atoms with Gasteiger partial charge in [-0.15, -0.1) is 11.6 Å². The quantitative estimate of drug-likeness (QED) is 0.825. The Hall–Kier alpha value is -0.0500. The average molecular weight is 263 g/mol. The first-order chi connectivity index (χ1) is 6.19. The molecule has 0 radical (unpaired) electrons. The summed E-state index contributed by atoms with van der Waals surface area (Å²) in [5, 5.41) is 3.18. The molecule has 0 saturated carbocycles. The van der Waals surface area contributed by atoms with Crippen LogP contribution in [-0.2, 0) is 0 Å². The summed E-state index contributed by atoms with van der Waals surface area (Å²) >= 11 is 9.30. The molecule has 1 unspecified atom stereocenters. The van der Waals surface area contributed by atoms with Crippen LogP contribution in [0.5, 0.6) is 0 Å². The highest BCUT2D eigenvalue weighted by Gasteiger charge is 2.10. The number of rotatable bonds is 3. The van der Waals surface area contributed by atoms with E-state index in [0.717, 1.165) is 4.47 Å². The fourth-order valence-corrected chi connectivity index (χ4v) is 2.00. The first kappa shape index (κ1) is 11.0. The minimum atomic E-state index is 0.235. The van der Waals surface area contributed by atoms with E-state index in [1.54, 1.807) is 0 Å². The molecule has 3 heteroatoms. The van der Waals surface area contributed by atoms with Crippen molar-refractivity contribution in [2.45, 2.75) is 13.0 Å². The summed E-state index contributed by atoms with van der Waals surface area (Å²) in [6.07, 6.45) is 0. The predicted molar refractivity (Wildman–Crippen MR) is 61.4 cm³/mol. The zero-order valence-corrected chi connectivity index (χ0v) is 10.1. The van der Waals surface area contributed by atoms with Crippen LogP contribution in [0.25, 0.3) is 0 Å². The number of halogens is 2. The number of nitrogens with one attached hydrogen (secondary N) is 1. The summed E-state index contributed by atoms with van der Waals surface area (Å²) in [7, 11) is 1.92. The monoisotopic (exact) mass is 261 g/mol. The van der Waals surface area contributed by atoms with Gasteiger partial charge in [-0.05, 0) is 37.2 Å². The number of hydrogen-bond donors (Lipinski definition) is 1. The second kappa shape index (κ2) is 4.99. The molecule has 0 saturated heterocycles. The van der Waals surface area contributed by atoms with Crippen molar-refractivity contribution in [2.24, 2.45) is 0 Å². The van der Waals surface area contributed by atoms with Crippen molar-refractivity contribution in [3.8, 4) is 0 Å². The Morgan fingerprint density at radius 1 is 1.54 bits per heavy atom. The summed E-state index contributed by atoms with van der Waals surface area (Å²) in [4.78, 5) is 0. The van der Waals surface area contributed by atoms with Gasteiger partial charge in [-0.25, -0.2) is 0 Å². The maximum absolute atomic E-state index is 5.85. The van der Waals surface area contributed by atoms with Crippen LogP contribution >= 0.6 is 27.5 Å². The summed E-state index contributed by atoms with van der Waals surface area (Å²) < 4.78 is 1.10. The molecule has 0 aromatic heterocycles. The van der Waals surface area contributed by atoms with Crippen molar-refractivity contribution in [1.82, 2.24) is 5.32 Å². The topological polar surface area (TPSA) is 12.0 Å². The maximum Gasteiger partial charge on any atom is 0.0458 e. The minimum absolute atomic E-state index is 0.235. The molecule has 0 spiro atoms. The molecule has 1 rings (SSSR count). The van der Waals surface area contributed by atoms with Gasteiger partial charge in [0.15, 0.2) is 0 Å². The molecule has 0 fully saturated rings. The molecule has 0 aliphatic rings. The molecule has 0 aliphatic carbocycles. The van der Waals surface area contributed by atoms with Crippen molar-refractivity contribution in [3.63, 3.8) is 0 Å². The van der Waals surface area contributed by atoms with Crippen molar-refractivity contribution < 1.29 is 0 Å². The summed E-state index contributed by atoms with van der Waals surface area (Å²) in [5.41, 5.74) is 2.52. The van der Waals surface area contributed by atoms with Crippen molar-refractivity contribution in [2.75, 3.05) is 12.9 Å². The first-order valence-corrected chi connectivity index (χ1v) is 5.51. The first-order valence-electron chi connectivity index (χ1n) is 4.18. The fourth-order valence-electron chi connectivity index (χ4n) is 1.30. The second-order valence-electron chi connectivity index (χ2n) is 3.00. The molecule has 1 aromatic rings. The SMILES string of the molecule is CNC(CCl)c1cc(Br)ccc1C. The average Bonchev–Trinajstić information content (AvgIpc) is 2.13. The van der Waals surface area contributed by atoms with Gasteiger partial charge in [0.25, 0.3) is 0 Å². The Morgan fingerprint density at radius 3 is 2.77 bits per heavy atom. The van der Waals surface area contributed by atoms with Crippen LogP contribution in [-0.4, -0.2) is 12.9 Å².